The SMILES string of the molecule is OC(c1ncn[nH]1)c1cccc2cnccc12. The van der Waals surface area contributed by atoms with E-state index in [2.05, 4.69) is 20.2 Å². The maximum absolute atomic E-state index is 10.2. The molecule has 5 heteroatoms. The van der Waals surface area contributed by atoms with Crippen molar-refractivity contribution in [2.24, 2.45) is 0 Å². The lowest BCUT2D eigenvalue weighted by Crippen LogP contribution is -2.02. The van der Waals surface area contributed by atoms with Crippen LogP contribution >= 0.6 is 0 Å². The number of fused-ring (bicyclic) bond motifs is 1. The average molecular weight is 226 g/mol. The zero-order chi connectivity index (χ0) is 11.7. The van der Waals surface area contributed by atoms with Gasteiger partial charge < -0.3 is 5.11 Å². The molecule has 0 aliphatic rings. The normalized spacial score (nSPS) is 12.8. The third kappa shape index (κ3) is 1.66. The highest BCUT2D eigenvalue weighted by atomic mass is 16.3. The molecule has 0 radical (unpaired) electrons. The summed E-state index contributed by atoms with van der Waals surface area (Å²) in [6.07, 6.45) is 4.06. The van der Waals surface area contributed by atoms with Gasteiger partial charge in [-0.3, -0.25) is 10.1 Å². The van der Waals surface area contributed by atoms with E-state index in [1.54, 1.807) is 12.4 Å². The van der Waals surface area contributed by atoms with Crippen LogP contribution in [0, 0.1) is 0 Å². The molecule has 1 atom stereocenters. The molecule has 0 spiro atoms. The molecule has 0 fully saturated rings. The van der Waals surface area contributed by atoms with E-state index in [4.69, 9.17) is 0 Å². The highest BCUT2D eigenvalue weighted by Gasteiger charge is 2.15. The molecular formula is C12H10N4O. The number of hydrogen-bond acceptors (Lipinski definition) is 4. The van der Waals surface area contributed by atoms with Crippen LogP contribution in [-0.2, 0) is 0 Å². The molecule has 5 nitrogen and oxygen atoms in total. The topological polar surface area (TPSA) is 74.7 Å². The first-order valence-corrected chi connectivity index (χ1v) is 5.22. The quantitative estimate of drug-likeness (QED) is 0.693. The van der Waals surface area contributed by atoms with Gasteiger partial charge in [0.1, 0.15) is 12.4 Å². The summed E-state index contributed by atoms with van der Waals surface area (Å²) >= 11 is 0. The minimum Gasteiger partial charge on any atom is -0.380 e. The van der Waals surface area contributed by atoms with Gasteiger partial charge in [-0.25, -0.2) is 4.98 Å². The molecule has 2 heterocycles. The van der Waals surface area contributed by atoms with Crippen molar-refractivity contribution in [3.63, 3.8) is 0 Å². The highest BCUT2D eigenvalue weighted by Crippen LogP contribution is 2.26. The second-order valence-electron chi connectivity index (χ2n) is 3.72. The molecule has 0 aliphatic carbocycles. The van der Waals surface area contributed by atoms with Crippen molar-refractivity contribution in [3.8, 4) is 0 Å². The predicted octanol–water partition coefficient (Wildman–Crippen LogP) is 1.43. The molecule has 3 aromatic rings. The minimum atomic E-state index is -0.802. The van der Waals surface area contributed by atoms with Crippen LogP contribution in [0.15, 0.2) is 43.0 Å². The fraction of sp³-hybridized carbons (Fsp3) is 0.0833. The number of aliphatic hydroxyl groups excluding tert-OH is 1. The summed E-state index contributed by atoms with van der Waals surface area (Å²) in [6, 6.07) is 7.59. The van der Waals surface area contributed by atoms with Crippen LogP contribution in [0.3, 0.4) is 0 Å². The maximum atomic E-state index is 10.2. The molecule has 17 heavy (non-hydrogen) atoms. The molecule has 0 saturated carbocycles. The first-order chi connectivity index (χ1) is 8.36. The molecule has 0 saturated heterocycles. The number of pyridine rings is 1. The number of hydrogen-bond donors (Lipinski definition) is 2. The summed E-state index contributed by atoms with van der Waals surface area (Å²) in [6.45, 7) is 0. The minimum absolute atomic E-state index is 0.439. The van der Waals surface area contributed by atoms with Crippen molar-refractivity contribution in [1.29, 1.82) is 0 Å². The summed E-state index contributed by atoms with van der Waals surface area (Å²) in [5.74, 6) is 0.439. The smallest absolute Gasteiger partial charge is 0.157 e. The highest BCUT2D eigenvalue weighted by molar-refractivity contribution is 5.85. The van der Waals surface area contributed by atoms with Gasteiger partial charge in [-0.2, -0.15) is 5.10 Å². The molecule has 0 amide bonds. The molecule has 84 valence electrons. The predicted molar refractivity (Wildman–Crippen MR) is 62.2 cm³/mol. The summed E-state index contributed by atoms with van der Waals surface area (Å²) in [7, 11) is 0. The number of benzene rings is 1. The van der Waals surface area contributed by atoms with Crippen molar-refractivity contribution < 1.29 is 5.11 Å². The second kappa shape index (κ2) is 3.95. The van der Waals surface area contributed by atoms with E-state index >= 15 is 0 Å². The molecule has 2 N–H and O–H groups in total. The summed E-state index contributed by atoms with van der Waals surface area (Å²) < 4.78 is 0. The Morgan fingerprint density at radius 1 is 1.24 bits per heavy atom. The van der Waals surface area contributed by atoms with Crippen molar-refractivity contribution in [1.82, 2.24) is 20.2 Å². The lowest BCUT2D eigenvalue weighted by molar-refractivity contribution is 0.212. The number of nitrogens with one attached hydrogen (secondary N) is 1. The second-order valence-corrected chi connectivity index (χ2v) is 3.72. The van der Waals surface area contributed by atoms with E-state index < -0.39 is 6.10 Å². The molecular weight excluding hydrogens is 216 g/mol. The Bertz CT molecular complexity index is 631. The first-order valence-electron chi connectivity index (χ1n) is 5.22. The number of rotatable bonds is 2. The monoisotopic (exact) mass is 226 g/mol. The molecule has 1 unspecified atom stereocenters. The van der Waals surface area contributed by atoms with E-state index in [0.29, 0.717) is 5.82 Å². The fourth-order valence-corrected chi connectivity index (χ4v) is 1.88. The van der Waals surface area contributed by atoms with Gasteiger partial charge in [0.15, 0.2) is 5.82 Å². The van der Waals surface area contributed by atoms with E-state index in [1.165, 1.54) is 6.33 Å². The largest absolute Gasteiger partial charge is 0.380 e. The fourth-order valence-electron chi connectivity index (χ4n) is 1.88. The molecule has 0 bridgehead atoms. The van der Waals surface area contributed by atoms with Gasteiger partial charge in [0, 0.05) is 17.8 Å². The summed E-state index contributed by atoms with van der Waals surface area (Å²) in [5.41, 5.74) is 0.793. The van der Waals surface area contributed by atoms with Gasteiger partial charge in [0.25, 0.3) is 0 Å². The van der Waals surface area contributed by atoms with Gasteiger partial charge >= 0.3 is 0 Å². The van der Waals surface area contributed by atoms with Gasteiger partial charge in [-0.1, -0.05) is 18.2 Å². The Labute approximate surface area is 97.2 Å². The number of nitrogens with zero attached hydrogens (tertiary/aromatic N) is 3. The third-order valence-corrected chi connectivity index (χ3v) is 2.70. The summed E-state index contributed by atoms with van der Waals surface area (Å²) in [5, 5.41) is 18.6. The number of aromatic amines is 1. The van der Waals surface area contributed by atoms with Crippen LogP contribution in [0.5, 0.6) is 0 Å². The lowest BCUT2D eigenvalue weighted by Gasteiger charge is -2.10. The Balaban J connectivity index is 2.17. The lowest BCUT2D eigenvalue weighted by atomic mass is 10.0. The van der Waals surface area contributed by atoms with E-state index in [-0.39, 0.29) is 0 Å². The van der Waals surface area contributed by atoms with E-state index in [1.807, 2.05) is 24.3 Å². The van der Waals surface area contributed by atoms with Gasteiger partial charge in [0.05, 0.1) is 0 Å². The Hall–Kier alpha value is -2.27. The van der Waals surface area contributed by atoms with Crippen LogP contribution in [-0.4, -0.2) is 25.3 Å². The standard InChI is InChI=1S/C12H10N4O/c17-11(12-14-7-15-16-12)10-3-1-2-8-6-13-5-4-9(8)10/h1-7,11,17H,(H,14,15,16). The molecule has 0 aliphatic heterocycles. The Morgan fingerprint density at radius 3 is 3.00 bits per heavy atom. The average Bonchev–Trinajstić information content (AvgIpc) is 2.91. The zero-order valence-electron chi connectivity index (χ0n) is 8.91. The van der Waals surface area contributed by atoms with Gasteiger partial charge in [-0.05, 0) is 17.0 Å². The van der Waals surface area contributed by atoms with Crippen molar-refractivity contribution >= 4 is 10.8 Å². The zero-order valence-corrected chi connectivity index (χ0v) is 8.91. The van der Waals surface area contributed by atoms with Crippen LogP contribution in [0.2, 0.25) is 0 Å². The van der Waals surface area contributed by atoms with Crippen LogP contribution in [0.25, 0.3) is 10.8 Å². The van der Waals surface area contributed by atoms with Crippen molar-refractivity contribution in [2.45, 2.75) is 6.10 Å². The maximum Gasteiger partial charge on any atom is 0.157 e. The summed E-state index contributed by atoms with van der Waals surface area (Å²) in [4.78, 5) is 8.03. The van der Waals surface area contributed by atoms with Gasteiger partial charge in [-0.15, -0.1) is 0 Å². The van der Waals surface area contributed by atoms with Gasteiger partial charge in [0.2, 0.25) is 0 Å². The molecule has 1 aromatic carbocycles. The first kappa shape index (κ1) is 9.92. The van der Waals surface area contributed by atoms with Crippen LogP contribution < -0.4 is 0 Å². The van der Waals surface area contributed by atoms with Crippen LogP contribution in [0.1, 0.15) is 17.5 Å². The molecule has 3 rings (SSSR count). The number of H-pyrrole nitrogens is 1. The van der Waals surface area contributed by atoms with Crippen LogP contribution in [0.4, 0.5) is 0 Å². The van der Waals surface area contributed by atoms with Crippen molar-refractivity contribution in [3.05, 3.63) is 54.4 Å². The number of aromatic nitrogens is 4. The van der Waals surface area contributed by atoms with Crippen molar-refractivity contribution in [2.75, 3.05) is 0 Å². The Kier molecular flexibility index (Phi) is 2.31. The van der Waals surface area contributed by atoms with E-state index in [0.717, 1.165) is 16.3 Å². The third-order valence-electron chi connectivity index (χ3n) is 2.70. The number of aliphatic hydroxyl groups is 1. The molecule has 2 aromatic heterocycles. The van der Waals surface area contributed by atoms with E-state index in [9.17, 15) is 5.11 Å². The Morgan fingerprint density at radius 2 is 2.18 bits per heavy atom.